The Bertz CT molecular complexity index is 414. The molecule has 0 spiro atoms. The molecule has 0 unspecified atom stereocenters. The van der Waals surface area contributed by atoms with E-state index < -0.39 is 0 Å². The molecule has 5 heteroatoms. The minimum atomic E-state index is 0.355. The van der Waals surface area contributed by atoms with Crippen molar-refractivity contribution in [2.75, 3.05) is 0 Å². The Morgan fingerprint density at radius 2 is 2.44 bits per heavy atom. The van der Waals surface area contributed by atoms with E-state index in [9.17, 15) is 0 Å². The van der Waals surface area contributed by atoms with Crippen molar-refractivity contribution >= 4 is 17.9 Å². The minimum absolute atomic E-state index is 0.355. The quantitative estimate of drug-likeness (QED) is 0.587. The van der Waals surface area contributed by atoms with Gasteiger partial charge in [0.2, 0.25) is 0 Å². The summed E-state index contributed by atoms with van der Waals surface area (Å²) in [5, 5.41) is 0. The summed E-state index contributed by atoms with van der Waals surface area (Å²) in [4.78, 5) is 15.3. The fourth-order valence-electron chi connectivity index (χ4n) is 1.12. The zero-order chi connectivity index (χ0) is 12.0. The van der Waals surface area contributed by atoms with Gasteiger partial charge < -0.3 is 10.7 Å². The second kappa shape index (κ2) is 5.85. The Balaban J connectivity index is 2.89. The smallest absolute Gasteiger partial charge is 0.180 e. The number of amidine groups is 1. The van der Waals surface area contributed by atoms with Crippen LogP contribution in [0.1, 0.15) is 32.4 Å². The summed E-state index contributed by atoms with van der Waals surface area (Å²) in [7, 11) is 0. The molecule has 1 aromatic heterocycles. The van der Waals surface area contributed by atoms with E-state index in [1.165, 1.54) is 0 Å². The third-order valence-electron chi connectivity index (χ3n) is 1.82. The van der Waals surface area contributed by atoms with Crippen LogP contribution in [0.4, 0.5) is 5.82 Å². The highest BCUT2D eigenvalue weighted by molar-refractivity contribution is 6.00. The largest absolute Gasteiger partial charge is 0.382 e. The number of aliphatic imine (C=N–C) groups is 2. The van der Waals surface area contributed by atoms with Gasteiger partial charge in [-0.25, -0.2) is 15.0 Å². The number of hydrogen-bond acceptors (Lipinski definition) is 3. The Morgan fingerprint density at radius 1 is 1.69 bits per heavy atom. The van der Waals surface area contributed by atoms with Crippen LogP contribution in [0.2, 0.25) is 0 Å². The number of rotatable bonds is 5. The zero-order valence-corrected chi connectivity index (χ0v) is 9.70. The molecule has 86 valence electrons. The van der Waals surface area contributed by atoms with E-state index in [-0.39, 0.29) is 0 Å². The average Bonchev–Trinajstić information content (AvgIpc) is 2.65. The first-order valence-electron chi connectivity index (χ1n) is 5.21. The highest BCUT2D eigenvalue weighted by Crippen LogP contribution is 2.13. The number of H-pyrrole nitrogens is 1. The molecule has 16 heavy (non-hydrogen) atoms. The first-order valence-corrected chi connectivity index (χ1v) is 5.21. The average molecular weight is 219 g/mol. The first-order chi connectivity index (χ1) is 7.65. The van der Waals surface area contributed by atoms with E-state index >= 15 is 0 Å². The molecule has 5 nitrogen and oxygen atoms in total. The SMILES string of the molecule is C=C(C)N=C(N)c1[nH]cnc1/N=C\CCC. The summed E-state index contributed by atoms with van der Waals surface area (Å²) in [6, 6.07) is 0. The van der Waals surface area contributed by atoms with Gasteiger partial charge in [0.15, 0.2) is 11.7 Å². The summed E-state index contributed by atoms with van der Waals surface area (Å²) in [6.45, 7) is 7.54. The van der Waals surface area contributed by atoms with Crippen molar-refractivity contribution in [1.29, 1.82) is 0 Å². The predicted molar refractivity (Wildman–Crippen MR) is 67.2 cm³/mol. The lowest BCUT2D eigenvalue weighted by Gasteiger charge is -1.98. The van der Waals surface area contributed by atoms with Gasteiger partial charge >= 0.3 is 0 Å². The topological polar surface area (TPSA) is 79.4 Å². The number of nitrogens with zero attached hydrogens (tertiary/aromatic N) is 3. The monoisotopic (exact) mass is 219 g/mol. The van der Waals surface area contributed by atoms with Crippen molar-refractivity contribution in [3.05, 3.63) is 24.3 Å². The summed E-state index contributed by atoms with van der Waals surface area (Å²) in [6.07, 6.45) is 5.35. The van der Waals surface area contributed by atoms with Crippen LogP contribution >= 0.6 is 0 Å². The molecule has 0 aliphatic heterocycles. The fourth-order valence-corrected chi connectivity index (χ4v) is 1.12. The number of imidazole rings is 1. The molecule has 1 heterocycles. The van der Waals surface area contributed by atoms with Crippen LogP contribution in [-0.4, -0.2) is 22.0 Å². The van der Waals surface area contributed by atoms with Crippen LogP contribution in [0.5, 0.6) is 0 Å². The predicted octanol–water partition coefficient (Wildman–Crippen LogP) is 2.15. The maximum Gasteiger partial charge on any atom is 0.180 e. The highest BCUT2D eigenvalue weighted by atomic mass is 15.0. The van der Waals surface area contributed by atoms with Crippen molar-refractivity contribution in [3.8, 4) is 0 Å². The third kappa shape index (κ3) is 3.34. The molecule has 0 saturated heterocycles. The van der Waals surface area contributed by atoms with Gasteiger partial charge in [0.1, 0.15) is 5.69 Å². The van der Waals surface area contributed by atoms with Crippen LogP contribution in [0, 0.1) is 0 Å². The maximum atomic E-state index is 5.79. The van der Waals surface area contributed by atoms with Crippen molar-refractivity contribution in [3.63, 3.8) is 0 Å². The van der Waals surface area contributed by atoms with E-state index in [4.69, 9.17) is 5.73 Å². The minimum Gasteiger partial charge on any atom is -0.382 e. The van der Waals surface area contributed by atoms with Gasteiger partial charge in [0.25, 0.3) is 0 Å². The second-order valence-electron chi connectivity index (χ2n) is 3.43. The van der Waals surface area contributed by atoms with Crippen molar-refractivity contribution in [1.82, 2.24) is 9.97 Å². The number of hydrogen-bond donors (Lipinski definition) is 2. The van der Waals surface area contributed by atoms with Gasteiger partial charge in [0, 0.05) is 11.9 Å². The van der Waals surface area contributed by atoms with Crippen LogP contribution in [0.3, 0.4) is 0 Å². The van der Waals surface area contributed by atoms with Crippen LogP contribution < -0.4 is 5.73 Å². The Hall–Kier alpha value is -1.91. The molecular formula is C11H17N5. The van der Waals surface area contributed by atoms with Gasteiger partial charge in [0.05, 0.1) is 6.33 Å². The standard InChI is InChI=1S/C11H17N5/c1-4-5-6-13-11-9(14-7-15-11)10(12)16-8(2)3/h6-7H,2,4-5H2,1,3H3,(H2,12,16)(H,14,15)/b13-6-. The summed E-state index contributed by atoms with van der Waals surface area (Å²) in [5.74, 6) is 0.921. The number of aromatic amines is 1. The lowest BCUT2D eigenvalue weighted by molar-refractivity contribution is 1.01. The number of nitrogens with two attached hydrogens (primary N) is 1. The van der Waals surface area contributed by atoms with Crippen molar-refractivity contribution < 1.29 is 0 Å². The molecule has 1 aromatic rings. The summed E-state index contributed by atoms with van der Waals surface area (Å²) >= 11 is 0. The van der Waals surface area contributed by atoms with Crippen molar-refractivity contribution in [2.45, 2.75) is 26.7 Å². The maximum absolute atomic E-state index is 5.79. The van der Waals surface area contributed by atoms with Gasteiger partial charge in [-0.15, -0.1) is 0 Å². The van der Waals surface area contributed by atoms with Gasteiger partial charge in [-0.2, -0.15) is 0 Å². The van der Waals surface area contributed by atoms with Crippen LogP contribution in [0.15, 0.2) is 28.6 Å². The molecule has 0 amide bonds. The molecule has 0 fully saturated rings. The molecule has 0 aromatic carbocycles. The Labute approximate surface area is 95.2 Å². The number of nitrogens with one attached hydrogen (secondary N) is 1. The first kappa shape index (κ1) is 12.2. The lowest BCUT2D eigenvalue weighted by Crippen LogP contribution is -2.14. The molecule has 0 saturated carbocycles. The molecule has 0 bridgehead atoms. The van der Waals surface area contributed by atoms with Crippen LogP contribution in [0.25, 0.3) is 0 Å². The number of aromatic nitrogens is 2. The molecular weight excluding hydrogens is 202 g/mol. The highest BCUT2D eigenvalue weighted by Gasteiger charge is 2.07. The molecule has 0 radical (unpaired) electrons. The van der Waals surface area contributed by atoms with E-state index in [1.807, 2.05) is 6.21 Å². The van der Waals surface area contributed by atoms with Gasteiger partial charge in [-0.3, -0.25) is 0 Å². The Kier molecular flexibility index (Phi) is 4.44. The zero-order valence-electron chi connectivity index (χ0n) is 9.70. The van der Waals surface area contributed by atoms with E-state index in [0.717, 1.165) is 12.8 Å². The molecule has 1 rings (SSSR count). The number of allylic oxidation sites excluding steroid dienone is 1. The number of unbranched alkanes of at least 4 members (excludes halogenated alkanes) is 1. The van der Waals surface area contributed by atoms with Gasteiger partial charge in [-0.1, -0.05) is 19.9 Å². The van der Waals surface area contributed by atoms with Gasteiger partial charge in [-0.05, 0) is 13.3 Å². The lowest BCUT2D eigenvalue weighted by atomic mass is 10.3. The molecule has 0 aliphatic carbocycles. The normalized spacial score (nSPS) is 12.2. The Morgan fingerprint density at radius 3 is 3.06 bits per heavy atom. The molecule has 0 aliphatic rings. The molecule has 0 atom stereocenters. The van der Waals surface area contributed by atoms with Crippen LogP contribution in [-0.2, 0) is 0 Å². The summed E-state index contributed by atoms with van der Waals surface area (Å²) in [5.41, 5.74) is 7.07. The molecule has 3 N–H and O–H groups in total. The van der Waals surface area contributed by atoms with E-state index in [1.54, 1.807) is 13.3 Å². The van der Waals surface area contributed by atoms with E-state index in [0.29, 0.717) is 23.0 Å². The second-order valence-corrected chi connectivity index (χ2v) is 3.43. The van der Waals surface area contributed by atoms with Crippen molar-refractivity contribution in [2.24, 2.45) is 15.7 Å². The summed E-state index contributed by atoms with van der Waals surface area (Å²) < 4.78 is 0. The third-order valence-corrected chi connectivity index (χ3v) is 1.82. The fraction of sp³-hybridized carbons (Fsp3) is 0.364. The van der Waals surface area contributed by atoms with E-state index in [2.05, 4.69) is 33.5 Å².